The average Bonchev–Trinajstić information content (AvgIpc) is 3.05. The van der Waals surface area contributed by atoms with Gasteiger partial charge in [-0.05, 0) is 25.0 Å². The van der Waals surface area contributed by atoms with Gasteiger partial charge in [0.2, 0.25) is 0 Å². The zero-order valence-corrected chi connectivity index (χ0v) is 9.67. The van der Waals surface area contributed by atoms with Crippen LogP contribution in [0.15, 0.2) is 18.2 Å². The Balaban J connectivity index is 1.99. The van der Waals surface area contributed by atoms with E-state index in [-0.39, 0.29) is 6.03 Å². The Kier molecular flexibility index (Phi) is 3.19. The highest BCUT2D eigenvalue weighted by Gasteiger charge is 2.23. The van der Waals surface area contributed by atoms with Crippen molar-refractivity contribution in [3.8, 4) is 5.75 Å². The number of ether oxygens (including phenoxy) is 1. The Hall–Kier alpha value is -1.42. The number of anilines is 1. The molecule has 0 radical (unpaired) electrons. The summed E-state index contributed by atoms with van der Waals surface area (Å²) in [5.74, 6) is 0.665. The first-order chi connectivity index (χ1) is 7.69. The van der Waals surface area contributed by atoms with Crippen LogP contribution in [0.1, 0.15) is 12.8 Å². The van der Waals surface area contributed by atoms with Crippen LogP contribution in [0.25, 0.3) is 0 Å². The molecule has 0 heterocycles. The zero-order chi connectivity index (χ0) is 11.5. The van der Waals surface area contributed by atoms with E-state index in [4.69, 9.17) is 16.3 Å². The fourth-order valence-electron chi connectivity index (χ4n) is 1.30. The van der Waals surface area contributed by atoms with E-state index in [1.54, 1.807) is 25.3 Å². The summed E-state index contributed by atoms with van der Waals surface area (Å²) < 4.78 is 5.02. The maximum Gasteiger partial charge on any atom is 0.319 e. The predicted molar refractivity (Wildman–Crippen MR) is 63.2 cm³/mol. The van der Waals surface area contributed by atoms with Crippen molar-refractivity contribution >= 4 is 23.3 Å². The number of nitrogens with one attached hydrogen (secondary N) is 2. The molecule has 1 aromatic rings. The van der Waals surface area contributed by atoms with Gasteiger partial charge in [-0.25, -0.2) is 4.79 Å². The number of carbonyl (C=O) groups is 1. The molecule has 2 amide bonds. The molecule has 2 N–H and O–H groups in total. The van der Waals surface area contributed by atoms with Crippen molar-refractivity contribution < 1.29 is 9.53 Å². The third-order valence-corrected chi connectivity index (χ3v) is 2.65. The minimum atomic E-state index is -0.213. The summed E-state index contributed by atoms with van der Waals surface area (Å²) in [5, 5.41) is 5.98. The third kappa shape index (κ3) is 2.79. The quantitative estimate of drug-likeness (QED) is 0.853. The molecule has 16 heavy (non-hydrogen) atoms. The Labute approximate surface area is 98.9 Å². The van der Waals surface area contributed by atoms with E-state index in [9.17, 15) is 4.79 Å². The lowest BCUT2D eigenvalue weighted by Gasteiger charge is -2.09. The van der Waals surface area contributed by atoms with Gasteiger partial charge in [0.1, 0.15) is 5.75 Å². The highest BCUT2D eigenvalue weighted by Crippen LogP contribution is 2.26. The van der Waals surface area contributed by atoms with Gasteiger partial charge in [0.25, 0.3) is 0 Å². The lowest BCUT2D eigenvalue weighted by Crippen LogP contribution is -2.30. The molecule has 1 saturated carbocycles. The van der Waals surface area contributed by atoms with Gasteiger partial charge >= 0.3 is 6.03 Å². The van der Waals surface area contributed by atoms with Gasteiger partial charge in [0.05, 0.1) is 17.8 Å². The fourth-order valence-corrected chi connectivity index (χ4v) is 1.51. The molecule has 2 rings (SSSR count). The summed E-state index contributed by atoms with van der Waals surface area (Å²) in [6.45, 7) is 0. The summed E-state index contributed by atoms with van der Waals surface area (Å²) in [5.41, 5.74) is 0.584. The summed E-state index contributed by atoms with van der Waals surface area (Å²) in [6, 6.07) is 5.24. The van der Waals surface area contributed by atoms with Crippen molar-refractivity contribution in [3.05, 3.63) is 23.2 Å². The minimum Gasteiger partial charge on any atom is -0.497 e. The summed E-state index contributed by atoms with van der Waals surface area (Å²) >= 11 is 5.98. The van der Waals surface area contributed by atoms with Gasteiger partial charge in [-0.2, -0.15) is 0 Å². The lowest BCUT2D eigenvalue weighted by molar-refractivity contribution is 0.251. The van der Waals surface area contributed by atoms with Crippen LogP contribution in [0.4, 0.5) is 10.5 Å². The highest BCUT2D eigenvalue weighted by atomic mass is 35.5. The first-order valence-electron chi connectivity index (χ1n) is 5.10. The number of amides is 2. The van der Waals surface area contributed by atoms with Crippen LogP contribution in [-0.2, 0) is 0 Å². The first-order valence-corrected chi connectivity index (χ1v) is 5.48. The monoisotopic (exact) mass is 240 g/mol. The van der Waals surface area contributed by atoms with E-state index in [2.05, 4.69) is 10.6 Å². The van der Waals surface area contributed by atoms with Crippen LogP contribution in [0.3, 0.4) is 0 Å². The predicted octanol–water partition coefficient (Wildman–Crippen LogP) is 2.63. The molecule has 86 valence electrons. The summed E-state index contributed by atoms with van der Waals surface area (Å²) in [7, 11) is 1.57. The van der Waals surface area contributed by atoms with Gasteiger partial charge in [0.15, 0.2) is 0 Å². The molecule has 0 bridgehead atoms. The number of hydrogen-bond donors (Lipinski definition) is 2. The second-order valence-corrected chi connectivity index (χ2v) is 4.13. The Morgan fingerprint density at radius 3 is 2.81 bits per heavy atom. The topological polar surface area (TPSA) is 50.4 Å². The summed E-state index contributed by atoms with van der Waals surface area (Å²) in [4.78, 5) is 11.5. The van der Waals surface area contributed by atoms with E-state index in [1.807, 2.05) is 0 Å². The molecular weight excluding hydrogens is 228 g/mol. The number of halogens is 1. The van der Waals surface area contributed by atoms with Crippen LogP contribution in [0.2, 0.25) is 5.02 Å². The molecule has 0 atom stereocenters. The standard InChI is InChI=1S/C11H13ClN2O2/c1-16-8-4-5-10(9(12)6-8)14-11(15)13-7-2-3-7/h4-7H,2-3H2,1H3,(H2,13,14,15). The molecule has 0 spiro atoms. The van der Waals surface area contributed by atoms with Crippen molar-refractivity contribution in [1.29, 1.82) is 0 Å². The van der Waals surface area contributed by atoms with Crippen LogP contribution in [0, 0.1) is 0 Å². The molecule has 4 nitrogen and oxygen atoms in total. The van der Waals surface area contributed by atoms with E-state index >= 15 is 0 Å². The van der Waals surface area contributed by atoms with Gasteiger partial charge in [-0.15, -0.1) is 0 Å². The van der Waals surface area contributed by atoms with E-state index < -0.39 is 0 Å². The Bertz CT molecular complexity index is 405. The number of urea groups is 1. The number of hydrogen-bond acceptors (Lipinski definition) is 2. The van der Waals surface area contributed by atoms with Gasteiger partial charge in [0, 0.05) is 12.1 Å². The molecular formula is C11H13ClN2O2. The molecule has 0 aliphatic heterocycles. The van der Waals surface area contributed by atoms with Gasteiger partial charge in [-0.3, -0.25) is 0 Å². The molecule has 0 aromatic heterocycles. The highest BCUT2D eigenvalue weighted by molar-refractivity contribution is 6.33. The summed E-state index contributed by atoms with van der Waals surface area (Å²) in [6.07, 6.45) is 2.12. The van der Waals surface area contributed by atoms with Crippen molar-refractivity contribution in [1.82, 2.24) is 5.32 Å². The van der Waals surface area contributed by atoms with Crippen molar-refractivity contribution in [2.75, 3.05) is 12.4 Å². The number of benzene rings is 1. The van der Waals surface area contributed by atoms with Crippen LogP contribution in [-0.4, -0.2) is 19.2 Å². The maximum atomic E-state index is 11.5. The molecule has 0 saturated heterocycles. The maximum absolute atomic E-state index is 11.5. The largest absolute Gasteiger partial charge is 0.497 e. The third-order valence-electron chi connectivity index (χ3n) is 2.34. The van der Waals surface area contributed by atoms with E-state index in [0.29, 0.717) is 22.5 Å². The molecule has 0 unspecified atom stereocenters. The molecule has 1 aromatic carbocycles. The van der Waals surface area contributed by atoms with Crippen molar-refractivity contribution in [2.45, 2.75) is 18.9 Å². The SMILES string of the molecule is COc1ccc(NC(=O)NC2CC2)c(Cl)c1. The molecule has 1 aliphatic rings. The molecule has 5 heteroatoms. The average molecular weight is 241 g/mol. The fraction of sp³-hybridized carbons (Fsp3) is 0.364. The van der Waals surface area contributed by atoms with Gasteiger partial charge in [-0.1, -0.05) is 11.6 Å². The van der Waals surface area contributed by atoms with E-state index in [1.165, 1.54) is 0 Å². The van der Waals surface area contributed by atoms with Crippen molar-refractivity contribution in [3.63, 3.8) is 0 Å². The Morgan fingerprint density at radius 2 is 2.25 bits per heavy atom. The van der Waals surface area contributed by atoms with Crippen LogP contribution >= 0.6 is 11.6 Å². The zero-order valence-electron chi connectivity index (χ0n) is 8.92. The normalized spacial score (nSPS) is 14.4. The van der Waals surface area contributed by atoms with Crippen LogP contribution < -0.4 is 15.4 Å². The number of carbonyl (C=O) groups excluding carboxylic acids is 1. The lowest BCUT2D eigenvalue weighted by atomic mass is 10.3. The molecule has 1 fully saturated rings. The number of methoxy groups -OCH3 is 1. The van der Waals surface area contributed by atoms with Crippen LogP contribution in [0.5, 0.6) is 5.75 Å². The smallest absolute Gasteiger partial charge is 0.319 e. The van der Waals surface area contributed by atoms with Gasteiger partial charge < -0.3 is 15.4 Å². The number of rotatable bonds is 3. The second-order valence-electron chi connectivity index (χ2n) is 3.72. The first kappa shape index (κ1) is 11.1. The second kappa shape index (κ2) is 4.61. The van der Waals surface area contributed by atoms with Crippen molar-refractivity contribution in [2.24, 2.45) is 0 Å². The Morgan fingerprint density at radius 1 is 1.50 bits per heavy atom. The van der Waals surface area contributed by atoms with E-state index in [0.717, 1.165) is 12.8 Å². The molecule has 1 aliphatic carbocycles. The minimum absolute atomic E-state index is 0.213.